The highest BCUT2D eigenvalue weighted by molar-refractivity contribution is 5.98. The van der Waals surface area contributed by atoms with Crippen LogP contribution >= 0.6 is 12.4 Å². The van der Waals surface area contributed by atoms with Crippen LogP contribution in [0.3, 0.4) is 0 Å². The standard InChI is InChI=1S/C20H27F3N2O2.ClH/c1-4-14(5-2)24-8-10-25(11-9-24)18(27)7-6-17(26)15-12-16(21)13(3)19(22)20(15)23;/h12,14H,4-11H2,1-3H3;1H. The third-order valence-electron chi connectivity index (χ3n) is 5.38. The fraction of sp³-hybridized carbons (Fsp3) is 0.600. The Morgan fingerprint density at radius 3 is 2.11 bits per heavy atom. The van der Waals surface area contributed by atoms with Crippen LogP contribution in [0.1, 0.15) is 55.5 Å². The second-order valence-electron chi connectivity index (χ2n) is 6.97. The summed E-state index contributed by atoms with van der Waals surface area (Å²) in [6.45, 7) is 8.15. The lowest BCUT2D eigenvalue weighted by atomic mass is 10.0. The molecule has 0 saturated carbocycles. The van der Waals surface area contributed by atoms with Crippen LogP contribution in [0.5, 0.6) is 0 Å². The first kappa shape index (κ1) is 24.4. The number of carbonyl (C=O) groups excluding carboxylic acids is 2. The van der Waals surface area contributed by atoms with E-state index in [9.17, 15) is 22.8 Å². The summed E-state index contributed by atoms with van der Waals surface area (Å²) in [7, 11) is 0. The minimum atomic E-state index is -1.36. The van der Waals surface area contributed by atoms with Crippen LogP contribution in [0, 0.1) is 24.4 Å². The molecule has 0 N–H and O–H groups in total. The van der Waals surface area contributed by atoms with Gasteiger partial charge in [0.1, 0.15) is 5.82 Å². The summed E-state index contributed by atoms with van der Waals surface area (Å²) < 4.78 is 41.1. The van der Waals surface area contributed by atoms with E-state index in [1.54, 1.807) is 4.90 Å². The molecule has 1 aliphatic heterocycles. The molecule has 1 fully saturated rings. The molecule has 0 atom stereocenters. The second kappa shape index (κ2) is 10.8. The smallest absolute Gasteiger partial charge is 0.223 e. The van der Waals surface area contributed by atoms with Crippen molar-refractivity contribution in [3.8, 4) is 0 Å². The first-order valence-electron chi connectivity index (χ1n) is 9.49. The van der Waals surface area contributed by atoms with E-state index in [0.29, 0.717) is 25.2 Å². The van der Waals surface area contributed by atoms with Gasteiger partial charge in [0.25, 0.3) is 0 Å². The van der Waals surface area contributed by atoms with Crippen LogP contribution in [-0.2, 0) is 4.79 Å². The van der Waals surface area contributed by atoms with E-state index in [-0.39, 0.29) is 31.2 Å². The van der Waals surface area contributed by atoms with E-state index >= 15 is 0 Å². The number of piperazine rings is 1. The molecule has 0 bridgehead atoms. The maximum atomic E-state index is 13.9. The fourth-order valence-corrected chi connectivity index (χ4v) is 3.54. The molecule has 0 spiro atoms. The number of benzene rings is 1. The number of hydrogen-bond donors (Lipinski definition) is 0. The summed E-state index contributed by atoms with van der Waals surface area (Å²) in [6.07, 6.45) is 1.76. The summed E-state index contributed by atoms with van der Waals surface area (Å²) in [5.74, 6) is -4.65. The Hall–Kier alpha value is -1.60. The Kier molecular flexibility index (Phi) is 9.44. The zero-order valence-electron chi connectivity index (χ0n) is 16.6. The number of nitrogens with zero attached hydrogens (tertiary/aromatic N) is 2. The summed E-state index contributed by atoms with van der Waals surface area (Å²) in [4.78, 5) is 28.5. The highest BCUT2D eigenvalue weighted by Gasteiger charge is 2.26. The van der Waals surface area contributed by atoms with Crippen LogP contribution in [0.25, 0.3) is 0 Å². The molecule has 1 aromatic rings. The third kappa shape index (κ3) is 5.47. The van der Waals surface area contributed by atoms with Gasteiger partial charge in [0.05, 0.1) is 5.56 Å². The van der Waals surface area contributed by atoms with Crippen LogP contribution in [0.4, 0.5) is 13.2 Å². The van der Waals surface area contributed by atoms with E-state index in [2.05, 4.69) is 18.7 Å². The van der Waals surface area contributed by atoms with Crippen molar-refractivity contribution in [2.75, 3.05) is 26.2 Å². The highest BCUT2D eigenvalue weighted by Crippen LogP contribution is 2.21. The van der Waals surface area contributed by atoms with Gasteiger partial charge in [-0.1, -0.05) is 13.8 Å². The zero-order chi connectivity index (χ0) is 20.1. The number of halogens is 4. The maximum absolute atomic E-state index is 13.9. The summed E-state index contributed by atoms with van der Waals surface area (Å²) in [5.41, 5.74) is -1.10. The molecule has 0 radical (unpaired) electrons. The Bertz CT molecular complexity index is 703. The topological polar surface area (TPSA) is 40.6 Å². The average Bonchev–Trinajstić information content (AvgIpc) is 2.68. The van der Waals surface area contributed by atoms with Gasteiger partial charge in [-0.2, -0.15) is 0 Å². The Morgan fingerprint density at radius 2 is 1.57 bits per heavy atom. The Balaban J connectivity index is 0.00000392. The summed E-state index contributed by atoms with van der Waals surface area (Å²) in [5, 5.41) is 0. The van der Waals surface area contributed by atoms with Crippen molar-refractivity contribution in [1.82, 2.24) is 9.80 Å². The molecule has 4 nitrogen and oxygen atoms in total. The van der Waals surface area contributed by atoms with Gasteiger partial charge in [0.15, 0.2) is 17.4 Å². The molecule has 1 heterocycles. The molecule has 0 unspecified atom stereocenters. The molecule has 1 amide bonds. The van der Waals surface area contributed by atoms with Crippen LogP contribution in [-0.4, -0.2) is 53.7 Å². The van der Waals surface area contributed by atoms with Crippen LogP contribution < -0.4 is 0 Å². The molecule has 0 aromatic heterocycles. The van der Waals surface area contributed by atoms with Gasteiger partial charge in [0.2, 0.25) is 5.91 Å². The first-order valence-corrected chi connectivity index (χ1v) is 9.49. The lowest BCUT2D eigenvalue weighted by Gasteiger charge is -2.38. The minimum Gasteiger partial charge on any atom is -0.340 e. The minimum absolute atomic E-state index is 0. The molecule has 28 heavy (non-hydrogen) atoms. The quantitative estimate of drug-likeness (QED) is 0.492. The van der Waals surface area contributed by atoms with Gasteiger partial charge in [-0.05, 0) is 25.8 Å². The summed E-state index contributed by atoms with van der Waals surface area (Å²) >= 11 is 0. The van der Waals surface area contributed by atoms with E-state index in [0.717, 1.165) is 32.9 Å². The van der Waals surface area contributed by atoms with Gasteiger partial charge in [-0.15, -0.1) is 12.4 Å². The van der Waals surface area contributed by atoms with Crippen LogP contribution in [0.2, 0.25) is 0 Å². The highest BCUT2D eigenvalue weighted by atomic mass is 35.5. The molecule has 0 aliphatic carbocycles. The maximum Gasteiger partial charge on any atom is 0.223 e. The third-order valence-corrected chi connectivity index (χ3v) is 5.38. The fourth-order valence-electron chi connectivity index (χ4n) is 3.54. The van der Waals surface area contributed by atoms with Crippen molar-refractivity contribution in [2.24, 2.45) is 0 Å². The number of amides is 1. The number of Topliss-reactive ketones (excluding diaryl/α,β-unsaturated/α-hetero) is 1. The molecule has 1 aromatic carbocycles. The predicted molar refractivity (Wildman–Crippen MR) is 104 cm³/mol. The molecular formula is C20H28ClF3N2O2. The van der Waals surface area contributed by atoms with Crippen molar-refractivity contribution in [3.05, 3.63) is 34.6 Å². The molecule has 158 valence electrons. The molecule has 1 aliphatic rings. The van der Waals surface area contributed by atoms with Crippen molar-refractivity contribution in [3.63, 3.8) is 0 Å². The largest absolute Gasteiger partial charge is 0.340 e. The van der Waals surface area contributed by atoms with Crippen molar-refractivity contribution in [1.29, 1.82) is 0 Å². The lowest BCUT2D eigenvalue weighted by Crippen LogP contribution is -2.51. The zero-order valence-corrected chi connectivity index (χ0v) is 17.4. The number of rotatable bonds is 7. The SMILES string of the molecule is CCC(CC)N1CCN(C(=O)CCC(=O)c2cc(F)c(C)c(F)c2F)CC1.Cl. The number of ketones is 1. The molecular weight excluding hydrogens is 393 g/mol. The number of carbonyl (C=O) groups is 2. The number of hydrogen-bond acceptors (Lipinski definition) is 3. The van der Waals surface area contributed by atoms with Gasteiger partial charge >= 0.3 is 0 Å². The Labute approximate surface area is 170 Å². The van der Waals surface area contributed by atoms with Crippen molar-refractivity contribution < 1.29 is 22.8 Å². The normalized spacial score (nSPS) is 14.9. The Morgan fingerprint density at radius 1 is 1.00 bits per heavy atom. The van der Waals surface area contributed by atoms with Crippen molar-refractivity contribution >= 4 is 24.1 Å². The average molecular weight is 421 g/mol. The van der Waals surface area contributed by atoms with Crippen molar-refractivity contribution in [2.45, 2.75) is 52.5 Å². The van der Waals surface area contributed by atoms with Gasteiger partial charge in [0, 0.05) is 50.6 Å². The van der Waals surface area contributed by atoms with Gasteiger partial charge in [-0.25, -0.2) is 13.2 Å². The second-order valence-corrected chi connectivity index (χ2v) is 6.97. The van der Waals surface area contributed by atoms with E-state index in [1.165, 1.54) is 0 Å². The van der Waals surface area contributed by atoms with E-state index in [4.69, 9.17) is 0 Å². The van der Waals surface area contributed by atoms with E-state index < -0.39 is 34.4 Å². The molecule has 2 rings (SSSR count). The molecule has 8 heteroatoms. The monoisotopic (exact) mass is 420 g/mol. The summed E-state index contributed by atoms with van der Waals surface area (Å²) in [6, 6.07) is 1.22. The first-order chi connectivity index (χ1) is 12.8. The van der Waals surface area contributed by atoms with Crippen LogP contribution in [0.15, 0.2) is 6.07 Å². The predicted octanol–water partition coefficient (Wildman–Crippen LogP) is 4.13. The lowest BCUT2D eigenvalue weighted by molar-refractivity contribution is -0.133. The van der Waals surface area contributed by atoms with E-state index in [1.807, 2.05) is 0 Å². The molecule has 1 saturated heterocycles. The van der Waals surface area contributed by atoms with Gasteiger partial charge < -0.3 is 4.90 Å². The van der Waals surface area contributed by atoms with Gasteiger partial charge in [-0.3, -0.25) is 14.5 Å².